The van der Waals surface area contributed by atoms with Crippen molar-refractivity contribution in [3.05, 3.63) is 36.0 Å². The number of rotatable bonds is 9. The summed E-state index contributed by atoms with van der Waals surface area (Å²) in [6.07, 6.45) is 2.72. The molecule has 142 valence electrons. The maximum Gasteiger partial charge on any atom is 0.243 e. The van der Waals surface area contributed by atoms with Crippen molar-refractivity contribution in [3.8, 4) is 0 Å². The summed E-state index contributed by atoms with van der Waals surface area (Å²) >= 11 is 0. The Morgan fingerprint density at radius 3 is 2.65 bits per heavy atom. The Hall–Kier alpha value is -2.38. The first-order valence-electron chi connectivity index (χ1n) is 8.92. The Kier molecular flexibility index (Phi) is 7.17. The molecule has 0 spiro atoms. The van der Waals surface area contributed by atoms with Crippen LogP contribution in [0.2, 0.25) is 0 Å². The summed E-state index contributed by atoms with van der Waals surface area (Å²) in [7, 11) is 0. The van der Waals surface area contributed by atoms with Gasteiger partial charge in [-0.15, -0.1) is 0 Å². The van der Waals surface area contributed by atoms with Crippen molar-refractivity contribution >= 4 is 22.7 Å². The van der Waals surface area contributed by atoms with Crippen molar-refractivity contribution in [2.75, 3.05) is 13.2 Å². The Balaban J connectivity index is 2.15. The maximum absolute atomic E-state index is 12.5. The molecule has 0 saturated carbocycles. The van der Waals surface area contributed by atoms with Crippen LogP contribution in [-0.4, -0.2) is 47.1 Å². The van der Waals surface area contributed by atoms with Crippen LogP contribution < -0.4 is 16.4 Å². The number of aliphatic hydroxyl groups is 1. The van der Waals surface area contributed by atoms with Crippen molar-refractivity contribution in [2.24, 2.45) is 11.7 Å². The van der Waals surface area contributed by atoms with Crippen LogP contribution in [0.15, 0.2) is 30.5 Å². The molecule has 6 N–H and O–H groups in total. The number of aromatic nitrogens is 1. The van der Waals surface area contributed by atoms with Crippen molar-refractivity contribution in [1.29, 1.82) is 0 Å². The van der Waals surface area contributed by atoms with E-state index < -0.39 is 12.1 Å². The molecule has 0 aliphatic rings. The van der Waals surface area contributed by atoms with Gasteiger partial charge >= 0.3 is 0 Å². The minimum Gasteiger partial charge on any atom is -0.395 e. The first-order chi connectivity index (χ1) is 12.4. The number of para-hydroxylation sites is 1. The number of aromatic amines is 1. The molecule has 0 bridgehead atoms. The number of carbonyl (C=O) groups excluding carboxylic acids is 2. The van der Waals surface area contributed by atoms with Crippen molar-refractivity contribution in [3.63, 3.8) is 0 Å². The van der Waals surface area contributed by atoms with Gasteiger partial charge in [-0.3, -0.25) is 9.59 Å². The second kappa shape index (κ2) is 9.35. The zero-order valence-electron chi connectivity index (χ0n) is 15.3. The van der Waals surface area contributed by atoms with Gasteiger partial charge < -0.3 is 26.5 Å². The fourth-order valence-electron chi connectivity index (χ4n) is 2.93. The Bertz CT molecular complexity index is 741. The fraction of sp³-hybridized carbons (Fsp3) is 0.474. The molecular formula is C19H28N4O3. The highest BCUT2D eigenvalue weighted by atomic mass is 16.3. The van der Waals surface area contributed by atoms with Gasteiger partial charge in [-0.2, -0.15) is 0 Å². The summed E-state index contributed by atoms with van der Waals surface area (Å²) in [6, 6.07) is 6.36. The molecule has 0 aliphatic carbocycles. The third-order valence-electron chi connectivity index (χ3n) is 4.21. The van der Waals surface area contributed by atoms with Gasteiger partial charge in [0.15, 0.2) is 0 Å². The number of nitrogens with two attached hydrogens (primary N) is 1. The third kappa shape index (κ3) is 5.31. The molecular weight excluding hydrogens is 332 g/mol. The second-order valence-corrected chi connectivity index (χ2v) is 6.88. The van der Waals surface area contributed by atoms with Crippen LogP contribution in [0.3, 0.4) is 0 Å². The number of nitrogens with one attached hydrogen (secondary N) is 3. The molecule has 2 atom stereocenters. The molecule has 1 heterocycles. The first kappa shape index (κ1) is 19.9. The van der Waals surface area contributed by atoms with E-state index in [1.807, 2.05) is 44.3 Å². The number of carbonyl (C=O) groups is 2. The standard InChI is InChI=1S/C19H28N4O3/c1-12(2)9-15(20)18(25)23-17(19(26)21-7-8-24)10-13-11-22-16-6-4-3-5-14(13)16/h3-6,11-12,15,17,22,24H,7-10,20H2,1-2H3,(H,21,26)(H,23,25)/t15-,17-/m0/s1. The smallest absolute Gasteiger partial charge is 0.243 e. The van der Waals surface area contributed by atoms with Gasteiger partial charge in [0.2, 0.25) is 11.8 Å². The van der Waals surface area contributed by atoms with E-state index in [2.05, 4.69) is 15.6 Å². The van der Waals surface area contributed by atoms with Crippen LogP contribution >= 0.6 is 0 Å². The molecule has 1 aromatic heterocycles. The van der Waals surface area contributed by atoms with E-state index in [1.165, 1.54) is 0 Å². The quantitative estimate of drug-likeness (QED) is 0.451. The lowest BCUT2D eigenvalue weighted by Gasteiger charge is -2.21. The summed E-state index contributed by atoms with van der Waals surface area (Å²) in [5.41, 5.74) is 7.85. The van der Waals surface area contributed by atoms with Gasteiger partial charge in [-0.25, -0.2) is 0 Å². The molecule has 2 rings (SSSR count). The molecule has 1 aromatic carbocycles. The van der Waals surface area contributed by atoms with E-state index in [9.17, 15) is 9.59 Å². The summed E-state index contributed by atoms with van der Waals surface area (Å²) in [5, 5.41) is 15.3. The molecule has 2 aromatic rings. The zero-order chi connectivity index (χ0) is 19.1. The maximum atomic E-state index is 12.5. The normalized spacial score (nSPS) is 13.6. The topological polar surface area (TPSA) is 120 Å². The lowest BCUT2D eigenvalue weighted by atomic mass is 10.0. The number of hydrogen-bond acceptors (Lipinski definition) is 4. The highest BCUT2D eigenvalue weighted by Crippen LogP contribution is 2.19. The zero-order valence-corrected chi connectivity index (χ0v) is 15.3. The number of amides is 2. The number of benzene rings is 1. The van der Waals surface area contributed by atoms with Crippen LogP contribution in [0.1, 0.15) is 25.8 Å². The molecule has 26 heavy (non-hydrogen) atoms. The van der Waals surface area contributed by atoms with Gasteiger partial charge in [0.05, 0.1) is 12.6 Å². The largest absolute Gasteiger partial charge is 0.395 e. The van der Waals surface area contributed by atoms with Crippen LogP contribution in [0.25, 0.3) is 10.9 Å². The SMILES string of the molecule is CC(C)C[C@H](N)C(=O)N[C@@H](Cc1c[nH]c2ccccc12)C(=O)NCCO. The monoisotopic (exact) mass is 360 g/mol. The van der Waals surface area contributed by atoms with E-state index in [0.29, 0.717) is 12.8 Å². The average molecular weight is 360 g/mol. The lowest BCUT2D eigenvalue weighted by Crippen LogP contribution is -2.53. The average Bonchev–Trinajstić information content (AvgIpc) is 3.01. The molecule has 0 saturated heterocycles. The number of fused-ring (bicyclic) bond motifs is 1. The van der Waals surface area contributed by atoms with Crippen LogP contribution in [0.4, 0.5) is 0 Å². The summed E-state index contributed by atoms with van der Waals surface area (Å²) in [4.78, 5) is 28.0. The Morgan fingerprint density at radius 1 is 1.23 bits per heavy atom. The van der Waals surface area contributed by atoms with E-state index in [-0.39, 0.29) is 30.9 Å². The van der Waals surface area contributed by atoms with Crippen molar-refractivity contribution < 1.29 is 14.7 Å². The third-order valence-corrected chi connectivity index (χ3v) is 4.21. The highest BCUT2D eigenvalue weighted by Gasteiger charge is 2.25. The fourth-order valence-corrected chi connectivity index (χ4v) is 2.93. The first-order valence-corrected chi connectivity index (χ1v) is 8.92. The molecule has 0 fully saturated rings. The minimum atomic E-state index is -0.758. The molecule has 7 heteroatoms. The Morgan fingerprint density at radius 2 is 1.96 bits per heavy atom. The second-order valence-electron chi connectivity index (χ2n) is 6.88. The van der Waals surface area contributed by atoms with Crippen molar-refractivity contribution in [2.45, 2.75) is 38.8 Å². The van der Waals surface area contributed by atoms with Crippen LogP contribution in [0, 0.1) is 5.92 Å². The van der Waals surface area contributed by atoms with Gasteiger partial charge in [0.25, 0.3) is 0 Å². The summed E-state index contributed by atoms with van der Waals surface area (Å²) < 4.78 is 0. The van der Waals surface area contributed by atoms with E-state index in [0.717, 1.165) is 16.5 Å². The predicted octanol–water partition coefficient (Wildman–Crippen LogP) is 0.677. The number of H-pyrrole nitrogens is 1. The minimum absolute atomic E-state index is 0.136. The highest BCUT2D eigenvalue weighted by molar-refractivity contribution is 5.91. The predicted molar refractivity (Wildman–Crippen MR) is 101 cm³/mol. The van der Waals surface area contributed by atoms with Gasteiger partial charge in [-0.05, 0) is 24.0 Å². The molecule has 0 unspecified atom stereocenters. The molecule has 0 radical (unpaired) electrons. The molecule has 7 nitrogen and oxygen atoms in total. The van der Waals surface area contributed by atoms with Gasteiger partial charge in [0.1, 0.15) is 6.04 Å². The van der Waals surface area contributed by atoms with Crippen molar-refractivity contribution in [1.82, 2.24) is 15.6 Å². The molecule has 2 amide bonds. The van der Waals surface area contributed by atoms with E-state index in [1.54, 1.807) is 0 Å². The van der Waals surface area contributed by atoms with E-state index >= 15 is 0 Å². The van der Waals surface area contributed by atoms with Crippen LogP contribution in [0.5, 0.6) is 0 Å². The van der Waals surface area contributed by atoms with Gasteiger partial charge in [-0.1, -0.05) is 32.0 Å². The number of aliphatic hydroxyl groups excluding tert-OH is 1. The summed E-state index contributed by atoms with van der Waals surface area (Å²) in [5.74, 6) is -0.400. The Labute approximate surface area is 153 Å². The number of hydrogen-bond donors (Lipinski definition) is 5. The summed E-state index contributed by atoms with van der Waals surface area (Å²) in [6.45, 7) is 3.96. The molecule has 0 aliphatic heterocycles. The van der Waals surface area contributed by atoms with Gasteiger partial charge in [0, 0.05) is 30.1 Å². The van der Waals surface area contributed by atoms with E-state index in [4.69, 9.17) is 10.8 Å². The lowest BCUT2D eigenvalue weighted by molar-refractivity contribution is -0.129. The van der Waals surface area contributed by atoms with Crippen LogP contribution in [-0.2, 0) is 16.0 Å².